The van der Waals surface area contributed by atoms with Crippen LogP contribution in [0.15, 0.2) is 12.3 Å². The van der Waals surface area contributed by atoms with E-state index in [4.69, 9.17) is 19.2 Å². The number of aromatic amines is 1. The molecule has 6 nitrogen and oxygen atoms in total. The Bertz CT molecular complexity index is 284. The largest absolute Gasteiger partial charge is 0.756 e. The van der Waals surface area contributed by atoms with E-state index in [2.05, 4.69) is 18.1 Å². The molecule has 13 heavy (non-hydrogen) atoms. The van der Waals surface area contributed by atoms with Crippen LogP contribution in [0.3, 0.4) is 0 Å². The summed E-state index contributed by atoms with van der Waals surface area (Å²) in [6.45, 7) is 2.13. The summed E-state index contributed by atoms with van der Waals surface area (Å²) in [6.07, 6.45) is 3.10. The zero-order valence-corrected chi connectivity index (χ0v) is 8.36. The lowest BCUT2D eigenvalue weighted by atomic mass is 10.4. The van der Waals surface area contributed by atoms with E-state index in [-0.39, 0.29) is 0 Å². The molecule has 1 aromatic rings. The van der Waals surface area contributed by atoms with Crippen LogP contribution in [0, 0.1) is 0 Å². The van der Waals surface area contributed by atoms with Crippen LogP contribution in [0.5, 0.6) is 0 Å². The van der Waals surface area contributed by atoms with Gasteiger partial charge in [0.15, 0.2) is 13.2 Å². The smallest absolute Gasteiger partial charge is 0.262 e. The lowest BCUT2D eigenvalue weighted by Gasteiger charge is -2.01. The molecule has 0 bridgehead atoms. The average molecular weight is 208 g/mol. The van der Waals surface area contributed by atoms with Gasteiger partial charge < -0.3 is 14.7 Å². The second-order valence-corrected chi connectivity index (χ2v) is 3.39. The van der Waals surface area contributed by atoms with E-state index in [1.165, 1.54) is 5.69 Å². The van der Waals surface area contributed by atoms with Crippen molar-refractivity contribution in [2.45, 2.75) is 13.3 Å². The van der Waals surface area contributed by atoms with Crippen molar-refractivity contribution in [1.82, 2.24) is 5.10 Å². The summed E-state index contributed by atoms with van der Waals surface area (Å²) in [5.74, 6) is 0. The van der Waals surface area contributed by atoms with Crippen molar-refractivity contribution in [3.63, 3.8) is 0 Å². The topological polar surface area (TPSA) is 100 Å². The molecular weight excluding hydrogens is 195 g/mol. The molecule has 1 heterocycles. The van der Waals surface area contributed by atoms with Crippen LogP contribution in [0.25, 0.3) is 0 Å². The third kappa shape index (κ3) is 9.23. The number of phosphoric acid groups is 1. The van der Waals surface area contributed by atoms with Crippen LogP contribution in [-0.4, -0.2) is 14.9 Å². The van der Waals surface area contributed by atoms with Crippen LogP contribution < -0.4 is 9.58 Å². The van der Waals surface area contributed by atoms with Gasteiger partial charge >= 0.3 is 0 Å². The van der Waals surface area contributed by atoms with Gasteiger partial charge in [0.05, 0.1) is 5.69 Å². The van der Waals surface area contributed by atoms with Gasteiger partial charge in [0, 0.05) is 6.07 Å². The van der Waals surface area contributed by atoms with E-state index in [1.54, 1.807) is 0 Å². The maximum atomic E-state index is 8.77. The highest BCUT2D eigenvalue weighted by Gasteiger charge is 1.94. The third-order valence-corrected chi connectivity index (χ3v) is 1.20. The van der Waals surface area contributed by atoms with E-state index in [0.29, 0.717) is 0 Å². The molecule has 3 N–H and O–H groups in total. The predicted octanol–water partition coefficient (Wildman–Crippen LogP) is -1.16. The average Bonchev–Trinajstić information content (AvgIpc) is 2.31. The Morgan fingerprint density at radius 3 is 2.31 bits per heavy atom. The maximum Gasteiger partial charge on any atom is 0.262 e. The first-order valence-electron chi connectivity index (χ1n) is 3.63. The van der Waals surface area contributed by atoms with E-state index in [9.17, 15) is 0 Å². The van der Waals surface area contributed by atoms with Gasteiger partial charge in [-0.3, -0.25) is 4.57 Å². The second kappa shape index (κ2) is 5.14. The van der Waals surface area contributed by atoms with Crippen LogP contribution in [0.2, 0.25) is 0 Å². The first-order chi connectivity index (χ1) is 5.83. The molecule has 7 heteroatoms. The number of nitrogens with one attached hydrogen (secondary N) is 1. The number of aromatic nitrogens is 2. The fraction of sp³-hybridized carbons (Fsp3) is 0.500. The van der Waals surface area contributed by atoms with E-state index in [0.717, 1.165) is 6.42 Å². The minimum atomic E-state index is -4.89. The molecule has 0 aliphatic rings. The first-order valence-corrected chi connectivity index (χ1v) is 5.16. The van der Waals surface area contributed by atoms with Crippen LogP contribution in [0.4, 0.5) is 0 Å². The van der Waals surface area contributed by atoms with Gasteiger partial charge in [-0.1, -0.05) is 6.92 Å². The molecule has 0 amide bonds. The van der Waals surface area contributed by atoms with Crippen molar-refractivity contribution in [2.24, 2.45) is 7.05 Å². The van der Waals surface area contributed by atoms with Gasteiger partial charge in [0.25, 0.3) is 7.82 Å². The molecule has 0 atom stereocenters. The summed E-state index contributed by atoms with van der Waals surface area (Å²) in [4.78, 5) is 22.9. The maximum absolute atomic E-state index is 8.77. The molecule has 76 valence electrons. The summed E-state index contributed by atoms with van der Waals surface area (Å²) >= 11 is 0. The molecule has 0 aliphatic carbocycles. The Balaban J connectivity index is 0.000000252. The lowest BCUT2D eigenvalue weighted by molar-refractivity contribution is -0.727. The van der Waals surface area contributed by atoms with Gasteiger partial charge in [0.1, 0.15) is 0 Å². The highest BCUT2D eigenvalue weighted by atomic mass is 31.2. The van der Waals surface area contributed by atoms with Crippen LogP contribution in [0.1, 0.15) is 12.6 Å². The number of nitrogens with zero attached hydrogens (tertiary/aromatic N) is 1. The number of aryl methyl sites for hydroxylation is 2. The van der Waals surface area contributed by atoms with Crippen molar-refractivity contribution in [2.75, 3.05) is 0 Å². The SMILES string of the molecule is CCc1cc[n+](C)[nH]1.O=P([O-])(O)O. The Labute approximate surface area is 76.1 Å². The molecule has 0 aliphatic heterocycles. The van der Waals surface area contributed by atoms with Crippen molar-refractivity contribution in [3.05, 3.63) is 18.0 Å². The Kier molecular flexibility index (Phi) is 4.87. The summed E-state index contributed by atoms with van der Waals surface area (Å²) in [7, 11) is -2.90. The molecule has 0 fully saturated rings. The number of H-pyrrole nitrogens is 1. The normalized spacial score (nSPS) is 10.5. The van der Waals surface area contributed by atoms with Crippen LogP contribution >= 0.6 is 7.82 Å². The minimum Gasteiger partial charge on any atom is -0.756 e. The molecule has 0 aromatic carbocycles. The van der Waals surface area contributed by atoms with Gasteiger partial charge in [-0.15, -0.1) is 4.68 Å². The highest BCUT2D eigenvalue weighted by Crippen LogP contribution is 2.18. The van der Waals surface area contributed by atoms with E-state index < -0.39 is 7.82 Å². The molecule has 0 saturated carbocycles. The molecule has 0 unspecified atom stereocenters. The molecular formula is C6H13N2O4P. The summed E-state index contributed by atoms with van der Waals surface area (Å²) in [5, 5.41) is 3.14. The van der Waals surface area contributed by atoms with Gasteiger partial charge in [-0.25, -0.2) is 0 Å². The molecule has 1 rings (SSSR count). The number of rotatable bonds is 1. The molecule has 0 saturated heterocycles. The third-order valence-electron chi connectivity index (χ3n) is 1.20. The highest BCUT2D eigenvalue weighted by molar-refractivity contribution is 7.43. The zero-order valence-electron chi connectivity index (χ0n) is 7.47. The molecule has 0 spiro atoms. The van der Waals surface area contributed by atoms with Gasteiger partial charge in [0.2, 0.25) is 0 Å². The number of hydrogen-bond acceptors (Lipinski definition) is 2. The lowest BCUT2D eigenvalue weighted by Crippen LogP contribution is -2.28. The molecule has 1 aromatic heterocycles. The Hall–Kier alpha value is -0.680. The van der Waals surface area contributed by atoms with Crippen LogP contribution in [-0.2, 0) is 18.0 Å². The van der Waals surface area contributed by atoms with Crippen molar-refractivity contribution < 1.29 is 23.9 Å². The van der Waals surface area contributed by atoms with E-state index >= 15 is 0 Å². The van der Waals surface area contributed by atoms with E-state index in [1.807, 2.05) is 17.9 Å². The van der Waals surface area contributed by atoms with Crippen molar-refractivity contribution >= 4 is 7.82 Å². The quantitative estimate of drug-likeness (QED) is 0.400. The standard InChI is InChI=1S/C6H10N2.H3O4P/c1-3-6-4-5-8(2)7-6;1-5(2,3)4/h4-5H,3H2,1-2H3;(H3,1,2,3,4). The summed E-state index contributed by atoms with van der Waals surface area (Å²) in [5.41, 5.74) is 1.28. The number of hydrogen-bond donors (Lipinski definition) is 3. The summed E-state index contributed by atoms with van der Waals surface area (Å²) < 4.78 is 10.7. The fourth-order valence-electron chi connectivity index (χ4n) is 0.700. The fourth-order valence-corrected chi connectivity index (χ4v) is 0.700. The first kappa shape index (κ1) is 12.3. The Morgan fingerprint density at radius 1 is 1.69 bits per heavy atom. The minimum absolute atomic E-state index is 1.08. The van der Waals surface area contributed by atoms with Crippen molar-refractivity contribution in [3.8, 4) is 0 Å². The second-order valence-electron chi connectivity index (χ2n) is 2.41. The van der Waals surface area contributed by atoms with Crippen molar-refractivity contribution in [1.29, 1.82) is 0 Å². The van der Waals surface area contributed by atoms with Gasteiger partial charge in [-0.05, 0) is 6.42 Å². The predicted molar refractivity (Wildman–Crippen MR) is 43.4 cm³/mol. The summed E-state index contributed by atoms with van der Waals surface area (Å²) in [6, 6.07) is 2.08. The van der Waals surface area contributed by atoms with Gasteiger partial charge in [-0.2, -0.15) is 5.10 Å². The Morgan fingerprint density at radius 2 is 2.15 bits per heavy atom. The monoisotopic (exact) mass is 208 g/mol. The zero-order chi connectivity index (χ0) is 10.5. The molecule has 0 radical (unpaired) electrons.